The summed E-state index contributed by atoms with van der Waals surface area (Å²) in [7, 11) is 1.30. The fourth-order valence-electron chi connectivity index (χ4n) is 2.79. The first-order chi connectivity index (χ1) is 14.0. The fourth-order valence-corrected chi connectivity index (χ4v) is 4.02. The van der Waals surface area contributed by atoms with Crippen LogP contribution in [0.15, 0.2) is 68.5 Å². The van der Waals surface area contributed by atoms with Gasteiger partial charge in [-0.1, -0.05) is 36.1 Å². The minimum Gasteiger partial charge on any atom is -0.467 e. The standard InChI is InChI=1S/C20H15N2O5S2/c1-25-22(24)14-5-2-4-13(10-14)17-8-7-15(27-17)11-18-19(23)21(20(28)29-18)12-16-6-3-9-26-16/h2-11H,12H2,1H3/q+1/b18-11+. The monoisotopic (exact) mass is 427 g/mol. The second-order valence-corrected chi connectivity index (χ2v) is 7.72. The molecule has 1 fully saturated rings. The van der Waals surface area contributed by atoms with Crippen molar-refractivity contribution in [1.29, 1.82) is 0 Å². The van der Waals surface area contributed by atoms with Crippen LogP contribution < -0.4 is 0 Å². The molecular formula is C20H15N2O5S2+. The third-order valence-electron chi connectivity index (χ3n) is 4.18. The molecular weight excluding hydrogens is 412 g/mol. The van der Waals surface area contributed by atoms with Gasteiger partial charge in [-0.25, -0.2) is 4.84 Å². The molecule has 9 heteroatoms. The van der Waals surface area contributed by atoms with Crippen LogP contribution in [0.25, 0.3) is 17.4 Å². The van der Waals surface area contributed by atoms with Crippen LogP contribution >= 0.6 is 24.0 Å². The van der Waals surface area contributed by atoms with Crippen molar-refractivity contribution in [1.82, 2.24) is 4.90 Å². The van der Waals surface area contributed by atoms with Gasteiger partial charge < -0.3 is 8.83 Å². The molecule has 146 valence electrons. The highest BCUT2D eigenvalue weighted by molar-refractivity contribution is 8.26. The van der Waals surface area contributed by atoms with Crippen molar-refractivity contribution >= 4 is 46.0 Å². The van der Waals surface area contributed by atoms with E-state index in [1.807, 2.05) is 6.07 Å². The third-order valence-corrected chi connectivity index (χ3v) is 5.55. The average Bonchev–Trinajstić information content (AvgIpc) is 3.47. The van der Waals surface area contributed by atoms with Crippen LogP contribution in [0.4, 0.5) is 5.69 Å². The van der Waals surface area contributed by atoms with E-state index in [-0.39, 0.29) is 12.5 Å². The summed E-state index contributed by atoms with van der Waals surface area (Å²) in [4.78, 5) is 31.4. The maximum Gasteiger partial charge on any atom is 0.317 e. The second kappa shape index (κ2) is 8.06. The average molecular weight is 427 g/mol. The Bertz CT molecular complexity index is 1120. The molecule has 1 aromatic carbocycles. The lowest BCUT2D eigenvalue weighted by Crippen LogP contribution is -2.27. The highest BCUT2D eigenvalue weighted by Crippen LogP contribution is 2.35. The minimum absolute atomic E-state index is 0.196. The Kier molecular flexibility index (Phi) is 5.32. The topological polar surface area (TPSA) is 75.9 Å². The molecule has 29 heavy (non-hydrogen) atoms. The van der Waals surface area contributed by atoms with Crippen LogP contribution in [-0.4, -0.2) is 27.2 Å². The fraction of sp³-hybridized carbons (Fsp3) is 0.100. The molecule has 0 aliphatic carbocycles. The summed E-state index contributed by atoms with van der Waals surface area (Å²) >= 11 is 6.54. The number of nitrogens with zero attached hydrogens (tertiary/aromatic N) is 2. The van der Waals surface area contributed by atoms with Gasteiger partial charge in [0.05, 0.1) is 22.6 Å². The van der Waals surface area contributed by atoms with Gasteiger partial charge in [0.25, 0.3) is 10.8 Å². The molecule has 3 heterocycles. The number of benzene rings is 1. The second-order valence-electron chi connectivity index (χ2n) is 6.04. The molecule has 1 saturated heterocycles. The van der Waals surface area contributed by atoms with E-state index in [1.54, 1.807) is 54.8 Å². The van der Waals surface area contributed by atoms with Crippen LogP contribution in [0.3, 0.4) is 0 Å². The lowest BCUT2D eigenvalue weighted by Gasteiger charge is -2.11. The molecule has 0 bridgehead atoms. The third kappa shape index (κ3) is 4.01. The van der Waals surface area contributed by atoms with E-state index in [0.717, 1.165) is 0 Å². The van der Waals surface area contributed by atoms with Crippen LogP contribution in [0.5, 0.6) is 0 Å². The van der Waals surface area contributed by atoms with E-state index in [2.05, 4.69) is 4.84 Å². The van der Waals surface area contributed by atoms with Gasteiger partial charge in [0.2, 0.25) is 0 Å². The Morgan fingerprint density at radius 2 is 2.10 bits per heavy atom. The molecule has 1 amide bonds. The number of carbonyl (C=O) groups excluding carboxylic acids is 1. The molecule has 1 aliphatic rings. The smallest absolute Gasteiger partial charge is 0.317 e. The lowest BCUT2D eigenvalue weighted by molar-refractivity contribution is -0.736. The van der Waals surface area contributed by atoms with E-state index >= 15 is 0 Å². The predicted octanol–water partition coefficient (Wildman–Crippen LogP) is 4.91. The van der Waals surface area contributed by atoms with Gasteiger partial charge in [-0.3, -0.25) is 9.69 Å². The van der Waals surface area contributed by atoms with Gasteiger partial charge in [0.15, 0.2) is 7.11 Å². The van der Waals surface area contributed by atoms with E-state index in [0.29, 0.717) is 42.7 Å². The van der Waals surface area contributed by atoms with Crippen molar-refractivity contribution in [2.24, 2.45) is 0 Å². The largest absolute Gasteiger partial charge is 0.467 e. The summed E-state index contributed by atoms with van der Waals surface area (Å²) < 4.78 is 11.6. The molecule has 2 aromatic heterocycles. The van der Waals surface area contributed by atoms with E-state index < -0.39 is 0 Å². The number of thiocarbonyl (C=S) groups is 1. The number of hydrogen-bond donors (Lipinski definition) is 0. The maximum absolute atomic E-state index is 12.7. The summed E-state index contributed by atoms with van der Waals surface area (Å²) in [5, 5.41) is 0. The molecule has 0 atom stereocenters. The summed E-state index contributed by atoms with van der Waals surface area (Å²) in [5.41, 5.74) is 1.06. The maximum atomic E-state index is 12.7. The Labute approximate surface area is 175 Å². The van der Waals surface area contributed by atoms with Gasteiger partial charge in [0, 0.05) is 23.8 Å². The molecule has 0 unspecified atom stereocenters. The Hall–Kier alpha value is -3.17. The SMILES string of the molecule is CO[N+](=O)c1cccc(-c2ccc(/C=C3/SC(=S)N(Cc4ccco4)C3=O)o2)c1. The van der Waals surface area contributed by atoms with E-state index in [9.17, 15) is 9.70 Å². The zero-order valence-corrected chi connectivity index (χ0v) is 16.9. The van der Waals surface area contributed by atoms with Crippen molar-refractivity contribution in [2.45, 2.75) is 6.54 Å². The highest BCUT2D eigenvalue weighted by Gasteiger charge is 2.32. The summed E-state index contributed by atoms with van der Waals surface area (Å²) in [6.07, 6.45) is 3.21. The number of carbonyl (C=O) groups is 1. The van der Waals surface area contributed by atoms with Crippen LogP contribution in [0, 0.1) is 4.91 Å². The van der Waals surface area contributed by atoms with Gasteiger partial charge in [-0.05, 0) is 24.3 Å². The Balaban J connectivity index is 1.54. The molecule has 0 radical (unpaired) electrons. The van der Waals surface area contributed by atoms with Crippen molar-refractivity contribution in [2.75, 3.05) is 7.11 Å². The summed E-state index contributed by atoms with van der Waals surface area (Å²) in [6.45, 7) is 0.288. The van der Waals surface area contributed by atoms with Gasteiger partial charge in [-0.15, -0.1) is 0 Å². The zero-order valence-electron chi connectivity index (χ0n) is 15.2. The van der Waals surface area contributed by atoms with Crippen molar-refractivity contribution in [3.8, 4) is 11.3 Å². The van der Waals surface area contributed by atoms with E-state index in [4.69, 9.17) is 21.1 Å². The zero-order chi connectivity index (χ0) is 20.4. The van der Waals surface area contributed by atoms with Gasteiger partial charge in [0.1, 0.15) is 21.6 Å². The number of rotatable bonds is 6. The van der Waals surface area contributed by atoms with Crippen molar-refractivity contribution < 1.29 is 23.4 Å². The van der Waals surface area contributed by atoms with Crippen LogP contribution in [0.2, 0.25) is 0 Å². The molecule has 4 rings (SSSR count). The molecule has 3 aromatic rings. The number of thioether (sulfide) groups is 1. The predicted molar refractivity (Wildman–Crippen MR) is 112 cm³/mol. The number of amides is 1. The van der Waals surface area contributed by atoms with Crippen molar-refractivity contribution in [3.05, 3.63) is 76.1 Å². The highest BCUT2D eigenvalue weighted by atomic mass is 32.2. The van der Waals surface area contributed by atoms with E-state index in [1.165, 1.54) is 23.8 Å². The van der Waals surface area contributed by atoms with Crippen LogP contribution in [-0.2, 0) is 16.2 Å². The molecule has 1 aliphatic heterocycles. The molecule has 0 N–H and O–H groups in total. The number of furan rings is 2. The molecule has 0 saturated carbocycles. The minimum atomic E-state index is -0.196. The Morgan fingerprint density at radius 3 is 2.86 bits per heavy atom. The quantitative estimate of drug-likeness (QED) is 0.314. The summed E-state index contributed by atoms with van der Waals surface area (Å²) in [5.74, 6) is 1.54. The molecule has 0 spiro atoms. The summed E-state index contributed by atoms with van der Waals surface area (Å²) in [6, 6.07) is 13.9. The van der Waals surface area contributed by atoms with Crippen molar-refractivity contribution in [3.63, 3.8) is 0 Å². The van der Waals surface area contributed by atoms with Gasteiger partial charge >= 0.3 is 5.69 Å². The number of hydrogen-bond acceptors (Lipinski definition) is 7. The Morgan fingerprint density at radius 1 is 1.24 bits per heavy atom. The lowest BCUT2D eigenvalue weighted by atomic mass is 10.1. The first kappa shape index (κ1) is 19.2. The first-order valence-electron chi connectivity index (χ1n) is 8.54. The van der Waals surface area contributed by atoms with Gasteiger partial charge in [-0.2, -0.15) is 0 Å². The molecule has 7 nitrogen and oxygen atoms in total. The first-order valence-corrected chi connectivity index (χ1v) is 9.77. The normalized spacial score (nSPS) is 15.3. The van der Waals surface area contributed by atoms with Crippen LogP contribution in [0.1, 0.15) is 11.5 Å².